The van der Waals surface area contributed by atoms with Crippen LogP contribution in [0.5, 0.6) is 0 Å². The second kappa shape index (κ2) is 15.9. The molecule has 4 heteroatoms. The van der Waals surface area contributed by atoms with Gasteiger partial charge in [0.25, 0.3) is 0 Å². The third kappa shape index (κ3) is 6.65. The van der Waals surface area contributed by atoms with Gasteiger partial charge in [0.05, 0.1) is 16.7 Å². The first kappa shape index (κ1) is 38.5. The molecule has 0 spiro atoms. The number of nitrogens with zero attached hydrogens (tertiary/aromatic N) is 4. The second-order valence-corrected chi connectivity index (χ2v) is 17.2. The molecule has 4 nitrogen and oxygen atoms in total. The van der Waals surface area contributed by atoms with Crippen LogP contribution in [-0.2, 0) is 0 Å². The molecular weight excluding hydrogens is 813 g/mol. The maximum Gasteiger partial charge on any atom is 0.164 e. The number of hydrogen-bond acceptors (Lipinski definition) is 3. The van der Waals surface area contributed by atoms with Gasteiger partial charge < -0.3 is 4.57 Å². The maximum absolute atomic E-state index is 5.42. The molecule has 0 unspecified atom stereocenters. The monoisotopic (exact) mass is 852 g/mol. The molecule has 11 aromatic carbocycles. The lowest BCUT2D eigenvalue weighted by Crippen LogP contribution is -2.02. The van der Waals surface area contributed by atoms with Crippen LogP contribution in [0, 0.1) is 0 Å². The van der Waals surface area contributed by atoms with Crippen LogP contribution in [0.3, 0.4) is 0 Å². The number of benzene rings is 11. The fourth-order valence-corrected chi connectivity index (χ4v) is 10.1. The van der Waals surface area contributed by atoms with Crippen LogP contribution in [0.25, 0.3) is 127 Å². The maximum atomic E-state index is 5.42. The molecule has 0 radical (unpaired) electrons. The molecule has 13 aromatic rings. The predicted octanol–water partition coefficient (Wildman–Crippen LogP) is 16.4. The molecule has 2 heterocycles. The van der Waals surface area contributed by atoms with Gasteiger partial charge in [-0.3, -0.25) is 0 Å². The van der Waals surface area contributed by atoms with Crippen molar-refractivity contribution in [3.8, 4) is 73.2 Å². The average molecular weight is 853 g/mol. The number of fused-ring (bicyclic) bond motifs is 9. The molecule has 312 valence electrons. The molecule has 0 amide bonds. The van der Waals surface area contributed by atoms with E-state index in [1.54, 1.807) is 0 Å². The van der Waals surface area contributed by atoms with Crippen molar-refractivity contribution in [2.45, 2.75) is 0 Å². The molecule has 0 aliphatic carbocycles. The summed E-state index contributed by atoms with van der Waals surface area (Å²) in [5.74, 6) is 1.82. The van der Waals surface area contributed by atoms with Crippen LogP contribution in [0.4, 0.5) is 0 Å². The van der Waals surface area contributed by atoms with Crippen molar-refractivity contribution in [3.05, 3.63) is 243 Å². The topological polar surface area (TPSA) is 43.6 Å². The van der Waals surface area contributed by atoms with E-state index in [9.17, 15) is 0 Å². The van der Waals surface area contributed by atoms with E-state index in [0.29, 0.717) is 17.5 Å². The zero-order valence-electron chi connectivity index (χ0n) is 36.4. The Kier molecular flexibility index (Phi) is 9.14. The lowest BCUT2D eigenvalue weighted by atomic mass is 9.91. The Hall–Kier alpha value is -8.99. The van der Waals surface area contributed by atoms with Gasteiger partial charge in [-0.2, -0.15) is 0 Å². The summed E-state index contributed by atoms with van der Waals surface area (Å²) in [5, 5.41) is 9.48. The van der Waals surface area contributed by atoms with E-state index >= 15 is 0 Å². The van der Waals surface area contributed by atoms with Gasteiger partial charge in [0.1, 0.15) is 0 Å². The van der Waals surface area contributed by atoms with Crippen LogP contribution >= 0.6 is 0 Å². The minimum absolute atomic E-state index is 0.600. The number of hydrogen-bond donors (Lipinski definition) is 0. The zero-order valence-corrected chi connectivity index (χ0v) is 36.4. The van der Waals surface area contributed by atoms with E-state index < -0.39 is 0 Å². The number of para-hydroxylation sites is 1. The Balaban J connectivity index is 1.12. The Bertz CT molecular complexity index is 3920. The van der Waals surface area contributed by atoms with Crippen LogP contribution in [0.2, 0.25) is 0 Å². The number of rotatable bonds is 7. The largest absolute Gasteiger partial charge is 0.309 e. The molecule has 0 bridgehead atoms. The number of aromatic nitrogens is 4. The van der Waals surface area contributed by atoms with Crippen LogP contribution in [-0.4, -0.2) is 19.5 Å². The Morgan fingerprint density at radius 2 is 0.612 bits per heavy atom. The highest BCUT2D eigenvalue weighted by Gasteiger charge is 2.22. The van der Waals surface area contributed by atoms with Gasteiger partial charge in [-0.05, 0) is 103 Å². The van der Waals surface area contributed by atoms with Crippen LogP contribution in [0.1, 0.15) is 0 Å². The van der Waals surface area contributed by atoms with E-state index in [4.69, 9.17) is 15.0 Å². The molecule has 0 atom stereocenters. The fraction of sp³-hybridized carbons (Fsp3) is 0. The van der Waals surface area contributed by atoms with E-state index in [1.165, 1.54) is 48.8 Å². The highest BCUT2D eigenvalue weighted by Crippen LogP contribution is 2.44. The Morgan fingerprint density at radius 1 is 0.224 bits per heavy atom. The first-order chi connectivity index (χ1) is 33.2. The lowest BCUT2D eigenvalue weighted by Gasteiger charge is -2.18. The fourth-order valence-electron chi connectivity index (χ4n) is 10.1. The van der Waals surface area contributed by atoms with Gasteiger partial charge in [-0.25, -0.2) is 15.0 Å². The molecular formula is C63H40N4. The SMILES string of the molecule is c1ccc(-c2cccc(-c3nc(-c4cccc(-c5ccccc5)c4)nc(-c4cc(-n5c6ccccc6c6cc(-c7ccccc7)ccc65)c5c6ccccc6c6ccccc6c5c4)n3)c2)cc1. The van der Waals surface area contributed by atoms with Crippen molar-refractivity contribution in [2.24, 2.45) is 0 Å². The Morgan fingerprint density at radius 3 is 1.18 bits per heavy atom. The normalized spacial score (nSPS) is 11.6. The third-order valence-electron chi connectivity index (χ3n) is 13.2. The summed E-state index contributed by atoms with van der Waals surface area (Å²) in [7, 11) is 0. The van der Waals surface area contributed by atoms with Crippen molar-refractivity contribution in [1.29, 1.82) is 0 Å². The van der Waals surface area contributed by atoms with Crippen LogP contribution < -0.4 is 0 Å². The van der Waals surface area contributed by atoms with Crippen molar-refractivity contribution in [1.82, 2.24) is 19.5 Å². The van der Waals surface area contributed by atoms with Gasteiger partial charge in [0.15, 0.2) is 17.5 Å². The molecule has 0 N–H and O–H groups in total. The highest BCUT2D eigenvalue weighted by molar-refractivity contribution is 6.28. The lowest BCUT2D eigenvalue weighted by molar-refractivity contribution is 1.07. The first-order valence-electron chi connectivity index (χ1n) is 22.8. The molecule has 13 rings (SSSR count). The molecule has 67 heavy (non-hydrogen) atoms. The molecule has 0 saturated carbocycles. The van der Waals surface area contributed by atoms with Gasteiger partial charge in [0.2, 0.25) is 0 Å². The molecule has 0 aliphatic heterocycles. The summed E-state index contributed by atoms with van der Waals surface area (Å²) in [5.41, 5.74) is 12.9. The summed E-state index contributed by atoms with van der Waals surface area (Å²) in [4.78, 5) is 16.1. The second-order valence-electron chi connectivity index (χ2n) is 17.2. The summed E-state index contributed by atoms with van der Waals surface area (Å²) >= 11 is 0. The molecule has 0 aliphatic rings. The van der Waals surface area contributed by atoms with Crippen LogP contribution in [0.15, 0.2) is 243 Å². The minimum Gasteiger partial charge on any atom is -0.309 e. The highest BCUT2D eigenvalue weighted by atomic mass is 15.0. The zero-order chi connectivity index (χ0) is 44.3. The van der Waals surface area contributed by atoms with Crippen molar-refractivity contribution in [2.75, 3.05) is 0 Å². The molecule has 0 fully saturated rings. The van der Waals surface area contributed by atoms with Gasteiger partial charge in [-0.15, -0.1) is 0 Å². The first-order valence-corrected chi connectivity index (χ1v) is 22.8. The molecule has 0 saturated heterocycles. The van der Waals surface area contributed by atoms with Crippen molar-refractivity contribution < 1.29 is 0 Å². The smallest absolute Gasteiger partial charge is 0.164 e. The Labute approximate surface area is 387 Å². The standard InChI is InChI=1S/C63H40N4/c1-4-18-41(19-5-1)44-24-16-26-47(36-44)61-64-62(48-27-17-25-45(37-48)42-20-6-2-7-21-42)66-63(65-61)49-39-56-52-30-11-10-28-50(52)51-29-12-13-32-54(51)60(56)59(40-49)67-57-33-15-14-31-53(57)55-38-46(34-35-58(55)67)43-22-8-3-9-23-43/h1-40H. The van der Waals surface area contributed by atoms with Gasteiger partial charge in [-0.1, -0.05) is 200 Å². The summed E-state index contributed by atoms with van der Waals surface area (Å²) in [6.07, 6.45) is 0. The summed E-state index contributed by atoms with van der Waals surface area (Å²) < 4.78 is 2.46. The van der Waals surface area contributed by atoms with Gasteiger partial charge >= 0.3 is 0 Å². The van der Waals surface area contributed by atoms with E-state index in [1.807, 2.05) is 12.1 Å². The third-order valence-corrected chi connectivity index (χ3v) is 13.2. The molecule has 2 aromatic heterocycles. The van der Waals surface area contributed by atoms with E-state index in [2.05, 4.69) is 235 Å². The quantitative estimate of drug-likeness (QED) is 0.150. The summed E-state index contributed by atoms with van der Waals surface area (Å²) in [6, 6.07) is 86.5. The average Bonchev–Trinajstić information content (AvgIpc) is 3.75. The minimum atomic E-state index is 0.600. The predicted molar refractivity (Wildman–Crippen MR) is 279 cm³/mol. The van der Waals surface area contributed by atoms with Crippen molar-refractivity contribution >= 4 is 54.1 Å². The van der Waals surface area contributed by atoms with E-state index in [0.717, 1.165) is 61.1 Å². The van der Waals surface area contributed by atoms with E-state index in [-0.39, 0.29) is 0 Å². The van der Waals surface area contributed by atoms with Gasteiger partial charge in [0, 0.05) is 32.8 Å². The van der Waals surface area contributed by atoms with Crippen molar-refractivity contribution in [3.63, 3.8) is 0 Å². The summed E-state index contributed by atoms with van der Waals surface area (Å²) in [6.45, 7) is 0.